The molecule has 27 heavy (non-hydrogen) atoms. The summed E-state index contributed by atoms with van der Waals surface area (Å²) < 4.78 is 2.18. The summed E-state index contributed by atoms with van der Waals surface area (Å²) in [5.74, 6) is 0.914. The van der Waals surface area contributed by atoms with Crippen LogP contribution in [0.5, 0.6) is 0 Å². The van der Waals surface area contributed by atoms with E-state index < -0.39 is 0 Å². The van der Waals surface area contributed by atoms with Crippen LogP contribution in [-0.2, 0) is 20.1 Å². The first kappa shape index (κ1) is 19.3. The molecule has 3 heteroatoms. The summed E-state index contributed by atoms with van der Waals surface area (Å²) in [6.07, 6.45) is 2.15. The number of hydrogen-bond acceptors (Lipinski definition) is 1. The number of para-hydroxylation sites is 1. The molecule has 1 aromatic heterocycles. The molecular formula is C24H21IrN2-. The molecule has 0 atom stereocenters. The van der Waals surface area contributed by atoms with E-state index in [1.54, 1.807) is 0 Å². The van der Waals surface area contributed by atoms with Crippen LogP contribution < -0.4 is 0 Å². The monoisotopic (exact) mass is 530 g/mol. The minimum atomic E-state index is 0. The van der Waals surface area contributed by atoms with Gasteiger partial charge in [0.25, 0.3) is 0 Å². The Morgan fingerprint density at radius 3 is 2.11 bits per heavy atom. The first-order chi connectivity index (χ1) is 12.6. The summed E-state index contributed by atoms with van der Waals surface area (Å²) in [7, 11) is 0. The molecule has 0 aliphatic rings. The minimum absolute atomic E-state index is 0. The van der Waals surface area contributed by atoms with Gasteiger partial charge in [0.05, 0.1) is 11.5 Å². The second-order valence-electron chi connectivity index (χ2n) is 6.65. The van der Waals surface area contributed by atoms with Gasteiger partial charge in [0.1, 0.15) is 0 Å². The third-order valence-corrected chi connectivity index (χ3v) is 4.77. The summed E-state index contributed by atoms with van der Waals surface area (Å²) in [5, 5.41) is 0. The maximum atomic E-state index is 5.02. The molecule has 0 unspecified atom stereocenters. The molecule has 0 saturated carbocycles. The molecule has 0 amide bonds. The normalized spacial score (nSPS) is 10.5. The molecule has 0 aliphatic heterocycles. The summed E-state index contributed by atoms with van der Waals surface area (Å²) in [4.78, 5) is 5.02. The van der Waals surface area contributed by atoms with Gasteiger partial charge < -0.3 is 4.57 Å². The largest absolute Gasteiger partial charge is 0.339 e. The maximum absolute atomic E-state index is 5.02. The van der Waals surface area contributed by atoms with Crippen molar-refractivity contribution < 1.29 is 20.1 Å². The Labute approximate surface area is 174 Å². The minimum Gasteiger partial charge on any atom is -0.339 e. The summed E-state index contributed by atoms with van der Waals surface area (Å²) in [5.41, 5.74) is 8.03. The number of benzene rings is 3. The Kier molecular flexibility index (Phi) is 5.74. The molecule has 1 radical (unpaired) electrons. The van der Waals surface area contributed by atoms with Crippen LogP contribution in [0, 0.1) is 26.8 Å². The van der Waals surface area contributed by atoms with Crippen LogP contribution >= 0.6 is 0 Å². The van der Waals surface area contributed by atoms with Crippen molar-refractivity contribution in [2.24, 2.45) is 0 Å². The molecule has 137 valence electrons. The fraction of sp³-hybridized carbons (Fsp3) is 0.125. The number of hydrogen-bond donors (Lipinski definition) is 0. The first-order valence-corrected chi connectivity index (χ1v) is 8.84. The molecule has 4 rings (SSSR count). The Bertz CT molecular complexity index is 1040. The molecule has 0 aliphatic carbocycles. The molecule has 1 heterocycles. The van der Waals surface area contributed by atoms with Gasteiger partial charge in [-0.2, -0.15) is 0 Å². The zero-order chi connectivity index (χ0) is 18.1. The topological polar surface area (TPSA) is 17.8 Å². The number of imidazole rings is 1. The van der Waals surface area contributed by atoms with Crippen LogP contribution in [0.1, 0.15) is 16.7 Å². The molecule has 0 N–H and O–H groups in total. The third kappa shape index (κ3) is 3.66. The predicted octanol–water partition coefficient (Wildman–Crippen LogP) is 5.93. The molecule has 4 aromatic rings. The van der Waals surface area contributed by atoms with Crippen molar-refractivity contribution in [1.82, 2.24) is 9.55 Å². The van der Waals surface area contributed by atoms with Crippen LogP contribution in [0.4, 0.5) is 0 Å². The Morgan fingerprint density at radius 1 is 0.778 bits per heavy atom. The van der Waals surface area contributed by atoms with Crippen molar-refractivity contribution in [3.8, 4) is 28.3 Å². The maximum Gasteiger partial charge on any atom is 0.0777 e. The van der Waals surface area contributed by atoms with Gasteiger partial charge in [-0.1, -0.05) is 36.4 Å². The van der Waals surface area contributed by atoms with Crippen molar-refractivity contribution >= 4 is 0 Å². The SMILES string of the molecule is Cc1ccccc1-n1cc(-c2c(C)cccc2C)nc1-c1[c-]cccc1.[Ir]. The quantitative estimate of drug-likeness (QED) is 0.301. The van der Waals surface area contributed by atoms with E-state index in [9.17, 15) is 0 Å². The third-order valence-electron chi connectivity index (χ3n) is 4.77. The van der Waals surface area contributed by atoms with E-state index in [2.05, 4.69) is 86.1 Å². The second kappa shape index (κ2) is 8.04. The average Bonchev–Trinajstić information content (AvgIpc) is 3.07. The van der Waals surface area contributed by atoms with Crippen LogP contribution in [0.25, 0.3) is 28.3 Å². The molecule has 2 nitrogen and oxygen atoms in total. The van der Waals surface area contributed by atoms with Crippen molar-refractivity contribution in [1.29, 1.82) is 0 Å². The Hall–Kier alpha value is -2.48. The van der Waals surface area contributed by atoms with Gasteiger partial charge in [-0.05, 0) is 43.5 Å². The average molecular weight is 530 g/mol. The molecule has 0 fully saturated rings. The molecule has 0 bridgehead atoms. The first-order valence-electron chi connectivity index (χ1n) is 8.84. The van der Waals surface area contributed by atoms with Gasteiger partial charge in [-0.25, -0.2) is 0 Å². The molecule has 3 aromatic carbocycles. The van der Waals surface area contributed by atoms with Gasteiger partial charge in [0, 0.05) is 37.6 Å². The standard InChI is InChI=1S/C24H21N2.Ir/c1-17-10-7-8-15-22(17)26-16-21(23-18(2)11-9-12-19(23)3)25-24(26)20-13-5-4-6-14-20;/h4-13,15-16H,1-3H3;/q-1;. The smallest absolute Gasteiger partial charge is 0.0777 e. The number of rotatable bonds is 3. The Balaban J connectivity index is 0.00000210. The van der Waals surface area contributed by atoms with Crippen LogP contribution in [0.15, 0.2) is 72.9 Å². The van der Waals surface area contributed by atoms with Crippen LogP contribution in [-0.4, -0.2) is 9.55 Å². The molecule has 0 spiro atoms. The van der Waals surface area contributed by atoms with E-state index in [1.807, 2.05) is 18.2 Å². The van der Waals surface area contributed by atoms with E-state index in [-0.39, 0.29) is 20.1 Å². The summed E-state index contributed by atoms with van der Waals surface area (Å²) in [6, 6.07) is 26.1. The Morgan fingerprint density at radius 2 is 1.44 bits per heavy atom. The van der Waals surface area contributed by atoms with E-state index in [4.69, 9.17) is 4.98 Å². The van der Waals surface area contributed by atoms with Crippen LogP contribution in [0.2, 0.25) is 0 Å². The zero-order valence-electron chi connectivity index (χ0n) is 15.7. The number of aromatic nitrogens is 2. The van der Waals surface area contributed by atoms with E-state index in [1.165, 1.54) is 22.3 Å². The summed E-state index contributed by atoms with van der Waals surface area (Å²) in [6.45, 7) is 6.42. The van der Waals surface area contributed by atoms with Gasteiger partial charge in [0.15, 0.2) is 0 Å². The summed E-state index contributed by atoms with van der Waals surface area (Å²) >= 11 is 0. The van der Waals surface area contributed by atoms with E-state index in [0.717, 1.165) is 22.8 Å². The van der Waals surface area contributed by atoms with Gasteiger partial charge >= 0.3 is 0 Å². The molecular weight excluding hydrogens is 508 g/mol. The van der Waals surface area contributed by atoms with Crippen molar-refractivity contribution in [3.05, 3.63) is 95.7 Å². The number of aryl methyl sites for hydroxylation is 3. The van der Waals surface area contributed by atoms with Crippen LogP contribution in [0.3, 0.4) is 0 Å². The van der Waals surface area contributed by atoms with E-state index in [0.29, 0.717) is 0 Å². The van der Waals surface area contributed by atoms with Gasteiger partial charge in [0.2, 0.25) is 0 Å². The number of nitrogens with zero attached hydrogens (tertiary/aromatic N) is 2. The fourth-order valence-corrected chi connectivity index (χ4v) is 3.46. The van der Waals surface area contributed by atoms with Gasteiger partial charge in [-0.3, -0.25) is 4.98 Å². The van der Waals surface area contributed by atoms with Crippen molar-refractivity contribution in [2.45, 2.75) is 20.8 Å². The second-order valence-corrected chi connectivity index (χ2v) is 6.65. The van der Waals surface area contributed by atoms with Crippen molar-refractivity contribution in [3.63, 3.8) is 0 Å². The zero-order valence-corrected chi connectivity index (χ0v) is 18.1. The fourth-order valence-electron chi connectivity index (χ4n) is 3.46. The molecule has 0 saturated heterocycles. The van der Waals surface area contributed by atoms with Crippen molar-refractivity contribution in [2.75, 3.05) is 0 Å². The predicted molar refractivity (Wildman–Crippen MR) is 107 cm³/mol. The van der Waals surface area contributed by atoms with E-state index >= 15 is 0 Å². The van der Waals surface area contributed by atoms with Gasteiger partial charge in [-0.15, -0.1) is 35.9 Å².